The summed E-state index contributed by atoms with van der Waals surface area (Å²) in [5, 5.41) is 6.63. The maximum absolute atomic E-state index is 13.9. The first kappa shape index (κ1) is 23.1. The number of halogens is 2. The molecule has 0 amide bonds. The Morgan fingerprint density at radius 1 is 1.10 bits per heavy atom. The molecule has 2 aromatic rings. The zero-order valence-corrected chi connectivity index (χ0v) is 19.3. The van der Waals surface area contributed by atoms with Gasteiger partial charge in [0.25, 0.3) is 0 Å². The van der Waals surface area contributed by atoms with Crippen molar-refractivity contribution in [3.8, 4) is 17.2 Å². The van der Waals surface area contributed by atoms with Crippen LogP contribution >= 0.6 is 24.0 Å². The molecular weight excluding hydrogens is 488 g/mol. The molecule has 2 atom stereocenters. The molecule has 8 heteroatoms. The largest absolute Gasteiger partial charge is 0.493 e. The maximum Gasteiger partial charge on any atom is 0.203 e. The number of nitrogens with one attached hydrogen (secondary N) is 2. The van der Waals surface area contributed by atoms with Gasteiger partial charge in [0, 0.05) is 25.6 Å². The number of benzene rings is 2. The summed E-state index contributed by atoms with van der Waals surface area (Å²) in [5.74, 6) is 2.43. The number of nitrogens with zero attached hydrogens (tertiary/aromatic N) is 1. The minimum Gasteiger partial charge on any atom is -0.493 e. The summed E-state index contributed by atoms with van der Waals surface area (Å²) in [6, 6.07) is 10.9. The summed E-state index contributed by atoms with van der Waals surface area (Å²) < 4.78 is 30.1. The molecule has 0 aromatic heterocycles. The smallest absolute Gasteiger partial charge is 0.203 e. The Morgan fingerprint density at radius 2 is 1.76 bits per heavy atom. The summed E-state index contributed by atoms with van der Waals surface area (Å²) in [6.45, 7) is 0.521. The van der Waals surface area contributed by atoms with Crippen LogP contribution in [0.4, 0.5) is 4.39 Å². The molecule has 1 aliphatic carbocycles. The third-order valence-corrected chi connectivity index (χ3v) is 4.83. The molecule has 2 unspecified atom stereocenters. The van der Waals surface area contributed by atoms with E-state index >= 15 is 0 Å². The lowest BCUT2D eigenvalue weighted by molar-refractivity contribution is 0.323. The van der Waals surface area contributed by atoms with Crippen molar-refractivity contribution in [2.45, 2.75) is 24.9 Å². The topological polar surface area (TPSA) is 64.1 Å². The molecule has 29 heavy (non-hydrogen) atoms. The predicted molar refractivity (Wildman–Crippen MR) is 122 cm³/mol. The van der Waals surface area contributed by atoms with Crippen LogP contribution in [0.15, 0.2) is 41.4 Å². The van der Waals surface area contributed by atoms with Crippen LogP contribution in [0.2, 0.25) is 0 Å². The number of ether oxygens (including phenoxy) is 3. The van der Waals surface area contributed by atoms with E-state index in [4.69, 9.17) is 14.2 Å². The minimum absolute atomic E-state index is 0. The van der Waals surface area contributed by atoms with Gasteiger partial charge in [-0.15, -0.1) is 24.0 Å². The Balaban J connectivity index is 0.00000300. The Labute approximate surface area is 187 Å². The first-order valence-corrected chi connectivity index (χ1v) is 9.11. The summed E-state index contributed by atoms with van der Waals surface area (Å²) in [7, 11) is 6.46. The van der Waals surface area contributed by atoms with Gasteiger partial charge >= 0.3 is 0 Å². The summed E-state index contributed by atoms with van der Waals surface area (Å²) in [5.41, 5.74) is 1.71. The average molecular weight is 515 g/mol. The van der Waals surface area contributed by atoms with E-state index < -0.39 is 0 Å². The van der Waals surface area contributed by atoms with Crippen molar-refractivity contribution in [1.82, 2.24) is 10.6 Å². The van der Waals surface area contributed by atoms with Gasteiger partial charge in [0.05, 0.1) is 21.3 Å². The Hall–Kier alpha value is -2.23. The van der Waals surface area contributed by atoms with Gasteiger partial charge < -0.3 is 24.8 Å². The predicted octanol–water partition coefficient (Wildman–Crippen LogP) is 3.69. The normalized spacial score (nSPS) is 17.8. The van der Waals surface area contributed by atoms with Gasteiger partial charge in [0.15, 0.2) is 17.5 Å². The molecule has 3 rings (SSSR count). The van der Waals surface area contributed by atoms with Crippen LogP contribution in [0, 0.1) is 5.82 Å². The molecule has 6 nitrogen and oxygen atoms in total. The molecule has 1 aliphatic rings. The lowest BCUT2D eigenvalue weighted by atomic mass is 10.1. The van der Waals surface area contributed by atoms with Gasteiger partial charge in [-0.05, 0) is 35.7 Å². The highest BCUT2D eigenvalue weighted by Gasteiger charge is 2.40. The molecule has 1 saturated carbocycles. The van der Waals surface area contributed by atoms with Crippen molar-refractivity contribution in [1.29, 1.82) is 0 Å². The van der Waals surface area contributed by atoms with E-state index in [9.17, 15) is 4.39 Å². The van der Waals surface area contributed by atoms with Crippen molar-refractivity contribution in [3.05, 3.63) is 53.3 Å². The van der Waals surface area contributed by atoms with Crippen molar-refractivity contribution >= 4 is 29.9 Å². The number of aliphatic imine (C=N–C) groups is 1. The SMILES string of the molecule is CN=C(NCc1cc(OC)c(OC)c(OC)c1)NC1CC1c1ccccc1F.I. The standard InChI is InChI=1S/C21H26FN3O3.HI/c1-23-21(25-17-11-15(17)14-7-5-6-8-16(14)22)24-12-13-9-18(26-2)20(28-4)19(10-13)27-3;/h5-10,15,17H,11-12H2,1-4H3,(H2,23,24,25);1H. The zero-order valence-electron chi connectivity index (χ0n) is 17.0. The van der Waals surface area contributed by atoms with Gasteiger partial charge in [0.1, 0.15) is 5.82 Å². The number of hydrogen-bond acceptors (Lipinski definition) is 4. The van der Waals surface area contributed by atoms with E-state index in [1.807, 2.05) is 24.3 Å². The molecule has 0 heterocycles. The van der Waals surface area contributed by atoms with E-state index in [1.54, 1.807) is 34.4 Å². The quantitative estimate of drug-likeness (QED) is 0.335. The van der Waals surface area contributed by atoms with Gasteiger partial charge in [-0.3, -0.25) is 4.99 Å². The Kier molecular flexibility index (Phi) is 8.36. The van der Waals surface area contributed by atoms with Gasteiger partial charge in [0.2, 0.25) is 5.75 Å². The van der Waals surface area contributed by atoms with Crippen molar-refractivity contribution in [2.75, 3.05) is 28.4 Å². The van der Waals surface area contributed by atoms with E-state index in [2.05, 4.69) is 15.6 Å². The van der Waals surface area contributed by atoms with E-state index in [0.29, 0.717) is 29.8 Å². The molecule has 0 radical (unpaired) electrons. The van der Waals surface area contributed by atoms with Crippen LogP contribution in [0.5, 0.6) is 17.2 Å². The van der Waals surface area contributed by atoms with Gasteiger partial charge in [-0.1, -0.05) is 18.2 Å². The molecule has 2 aromatic carbocycles. The van der Waals surface area contributed by atoms with Crippen LogP contribution in [-0.2, 0) is 6.54 Å². The van der Waals surface area contributed by atoms with Crippen LogP contribution < -0.4 is 24.8 Å². The first-order chi connectivity index (χ1) is 13.6. The molecule has 158 valence electrons. The third kappa shape index (κ3) is 5.43. The Bertz CT molecular complexity index is 838. The average Bonchev–Trinajstić information content (AvgIpc) is 3.49. The third-order valence-electron chi connectivity index (χ3n) is 4.83. The molecule has 1 fully saturated rings. The van der Waals surface area contributed by atoms with E-state index in [0.717, 1.165) is 17.5 Å². The lowest BCUT2D eigenvalue weighted by Crippen LogP contribution is -2.38. The molecular formula is C21H27FIN3O3. The fourth-order valence-corrected chi connectivity index (χ4v) is 3.27. The highest BCUT2D eigenvalue weighted by molar-refractivity contribution is 14.0. The highest BCUT2D eigenvalue weighted by atomic mass is 127. The minimum atomic E-state index is -0.155. The zero-order chi connectivity index (χ0) is 20.1. The number of methoxy groups -OCH3 is 3. The molecule has 0 bridgehead atoms. The maximum atomic E-state index is 13.9. The fourth-order valence-electron chi connectivity index (χ4n) is 3.27. The number of hydrogen-bond donors (Lipinski definition) is 2. The van der Waals surface area contributed by atoms with E-state index in [1.165, 1.54) is 6.07 Å². The second-order valence-electron chi connectivity index (χ2n) is 6.57. The van der Waals surface area contributed by atoms with Crippen LogP contribution in [-0.4, -0.2) is 40.4 Å². The van der Waals surface area contributed by atoms with E-state index in [-0.39, 0.29) is 41.8 Å². The summed E-state index contributed by atoms with van der Waals surface area (Å²) in [6.07, 6.45) is 0.881. The molecule has 0 spiro atoms. The monoisotopic (exact) mass is 515 g/mol. The highest BCUT2D eigenvalue weighted by Crippen LogP contribution is 2.42. The first-order valence-electron chi connectivity index (χ1n) is 9.11. The lowest BCUT2D eigenvalue weighted by Gasteiger charge is -2.16. The number of guanidine groups is 1. The molecule has 2 N–H and O–H groups in total. The van der Waals surface area contributed by atoms with Crippen LogP contribution in [0.1, 0.15) is 23.5 Å². The van der Waals surface area contributed by atoms with Crippen LogP contribution in [0.3, 0.4) is 0 Å². The van der Waals surface area contributed by atoms with Crippen molar-refractivity contribution < 1.29 is 18.6 Å². The van der Waals surface area contributed by atoms with Gasteiger partial charge in [-0.25, -0.2) is 4.39 Å². The van der Waals surface area contributed by atoms with Crippen molar-refractivity contribution in [3.63, 3.8) is 0 Å². The molecule has 0 aliphatic heterocycles. The number of rotatable bonds is 7. The second kappa shape index (κ2) is 10.5. The molecule has 0 saturated heterocycles. The summed E-state index contributed by atoms with van der Waals surface area (Å²) >= 11 is 0. The summed E-state index contributed by atoms with van der Waals surface area (Å²) in [4.78, 5) is 4.27. The van der Waals surface area contributed by atoms with Crippen molar-refractivity contribution in [2.24, 2.45) is 4.99 Å². The van der Waals surface area contributed by atoms with Gasteiger partial charge in [-0.2, -0.15) is 0 Å². The van der Waals surface area contributed by atoms with Crippen LogP contribution in [0.25, 0.3) is 0 Å². The fraction of sp³-hybridized carbons (Fsp3) is 0.381. The second-order valence-corrected chi connectivity index (χ2v) is 6.57. The Morgan fingerprint density at radius 3 is 2.31 bits per heavy atom.